The van der Waals surface area contributed by atoms with E-state index in [0.717, 1.165) is 38.6 Å². The zero-order chi connectivity index (χ0) is 20.0. The number of aromatic nitrogens is 3. The molecular weight excluding hydrogens is 365 g/mol. The van der Waals surface area contributed by atoms with E-state index >= 15 is 0 Å². The van der Waals surface area contributed by atoms with Gasteiger partial charge in [-0.1, -0.05) is 12.1 Å². The maximum absolute atomic E-state index is 13.4. The molecule has 4 nitrogen and oxygen atoms in total. The van der Waals surface area contributed by atoms with Crippen molar-refractivity contribution >= 4 is 21.8 Å². The molecule has 29 heavy (non-hydrogen) atoms. The summed E-state index contributed by atoms with van der Waals surface area (Å²) in [5, 5.41) is 1.68. The van der Waals surface area contributed by atoms with Crippen molar-refractivity contribution in [2.45, 2.75) is 6.92 Å². The Labute approximate surface area is 165 Å². The third kappa shape index (κ3) is 2.97. The van der Waals surface area contributed by atoms with E-state index in [1.807, 2.05) is 43.5 Å². The minimum absolute atomic E-state index is 0.181. The fraction of sp³-hybridized carbons (Fsp3) is 0.0417. The predicted molar refractivity (Wildman–Crippen MR) is 113 cm³/mol. The molecule has 0 aliphatic heterocycles. The van der Waals surface area contributed by atoms with Crippen LogP contribution in [0.2, 0.25) is 0 Å². The van der Waals surface area contributed by atoms with Crippen molar-refractivity contribution < 1.29 is 4.39 Å². The largest absolute Gasteiger partial charge is 0.276 e. The molecule has 0 radical (unpaired) electrons. The van der Waals surface area contributed by atoms with Crippen LogP contribution in [0, 0.1) is 12.7 Å². The number of hydrogen-bond donors (Lipinski definition) is 0. The Morgan fingerprint density at radius 3 is 2.38 bits per heavy atom. The van der Waals surface area contributed by atoms with Crippen molar-refractivity contribution in [3.63, 3.8) is 0 Å². The second kappa shape index (κ2) is 6.63. The molecule has 5 heteroatoms. The normalized spacial score (nSPS) is 11.2. The molecule has 140 valence electrons. The van der Waals surface area contributed by atoms with Gasteiger partial charge in [0, 0.05) is 46.2 Å². The Kier molecular flexibility index (Phi) is 3.95. The van der Waals surface area contributed by atoms with Crippen LogP contribution in [0.15, 0.2) is 83.9 Å². The van der Waals surface area contributed by atoms with Crippen LogP contribution < -0.4 is 5.56 Å². The van der Waals surface area contributed by atoms with Gasteiger partial charge in [-0.3, -0.25) is 19.3 Å². The highest BCUT2D eigenvalue weighted by molar-refractivity contribution is 6.05. The summed E-state index contributed by atoms with van der Waals surface area (Å²) >= 11 is 0. The summed E-state index contributed by atoms with van der Waals surface area (Å²) < 4.78 is 15.0. The molecule has 5 aromatic rings. The summed E-state index contributed by atoms with van der Waals surface area (Å²) in [4.78, 5) is 21.7. The van der Waals surface area contributed by atoms with Crippen molar-refractivity contribution in [1.82, 2.24) is 14.5 Å². The Morgan fingerprint density at radius 2 is 1.62 bits per heavy atom. The minimum atomic E-state index is -0.345. The molecule has 0 saturated carbocycles. The molecule has 0 atom stereocenters. The molecule has 0 aliphatic rings. The number of hydrogen-bond acceptors (Lipinski definition) is 3. The highest BCUT2D eigenvalue weighted by Crippen LogP contribution is 2.29. The van der Waals surface area contributed by atoms with Gasteiger partial charge in [-0.2, -0.15) is 0 Å². The highest BCUT2D eigenvalue weighted by Gasteiger charge is 2.11. The number of aryl methyl sites for hydroxylation is 1. The lowest BCUT2D eigenvalue weighted by Crippen LogP contribution is -2.17. The van der Waals surface area contributed by atoms with Gasteiger partial charge in [0.1, 0.15) is 5.82 Å². The van der Waals surface area contributed by atoms with E-state index in [2.05, 4.69) is 9.97 Å². The summed E-state index contributed by atoms with van der Waals surface area (Å²) in [5.74, 6) is -0.345. The third-order valence-electron chi connectivity index (χ3n) is 5.05. The quantitative estimate of drug-likeness (QED) is 0.402. The first-order valence-corrected chi connectivity index (χ1v) is 9.24. The number of fused-ring (bicyclic) bond motifs is 3. The first-order valence-electron chi connectivity index (χ1n) is 9.24. The van der Waals surface area contributed by atoms with Crippen LogP contribution in [-0.4, -0.2) is 14.5 Å². The molecule has 0 unspecified atom stereocenters. The maximum Gasteiger partial charge on any atom is 0.255 e. The van der Waals surface area contributed by atoms with E-state index in [1.165, 1.54) is 18.2 Å². The number of pyridine rings is 3. The molecule has 0 aliphatic carbocycles. The number of halogens is 1. The highest BCUT2D eigenvalue weighted by atomic mass is 19.1. The second-order valence-electron chi connectivity index (χ2n) is 6.97. The van der Waals surface area contributed by atoms with Gasteiger partial charge in [0.2, 0.25) is 0 Å². The smallest absolute Gasteiger partial charge is 0.255 e. The number of nitrogens with zero attached hydrogens (tertiary/aromatic N) is 3. The van der Waals surface area contributed by atoms with Crippen LogP contribution in [0.5, 0.6) is 0 Å². The van der Waals surface area contributed by atoms with Crippen molar-refractivity contribution in [2.75, 3.05) is 0 Å². The average Bonchev–Trinajstić information content (AvgIpc) is 2.74. The van der Waals surface area contributed by atoms with E-state index in [-0.39, 0.29) is 11.4 Å². The average molecular weight is 381 g/mol. The summed E-state index contributed by atoms with van der Waals surface area (Å²) in [6.45, 7) is 1.95. The van der Waals surface area contributed by atoms with Gasteiger partial charge in [0.15, 0.2) is 0 Å². The number of benzene rings is 2. The maximum atomic E-state index is 13.4. The van der Waals surface area contributed by atoms with Gasteiger partial charge in [-0.05, 0) is 61.0 Å². The first-order chi connectivity index (χ1) is 14.1. The van der Waals surface area contributed by atoms with E-state index in [0.29, 0.717) is 5.69 Å². The zero-order valence-electron chi connectivity index (χ0n) is 15.6. The topological polar surface area (TPSA) is 47.8 Å². The lowest BCUT2D eigenvalue weighted by Gasteiger charge is -2.13. The molecule has 5 rings (SSSR count). The van der Waals surface area contributed by atoms with Crippen LogP contribution in [0.1, 0.15) is 5.69 Å². The van der Waals surface area contributed by atoms with Crippen LogP contribution in [0.3, 0.4) is 0 Å². The van der Waals surface area contributed by atoms with Gasteiger partial charge in [0.05, 0.1) is 11.0 Å². The van der Waals surface area contributed by atoms with Gasteiger partial charge in [-0.25, -0.2) is 4.39 Å². The Bertz CT molecular complexity index is 1420. The van der Waals surface area contributed by atoms with E-state index in [1.54, 1.807) is 29.0 Å². The van der Waals surface area contributed by atoms with Gasteiger partial charge in [-0.15, -0.1) is 0 Å². The van der Waals surface area contributed by atoms with E-state index in [4.69, 9.17) is 0 Å². The molecule has 0 amide bonds. The fourth-order valence-corrected chi connectivity index (χ4v) is 3.58. The minimum Gasteiger partial charge on any atom is -0.276 e. The van der Waals surface area contributed by atoms with E-state index < -0.39 is 0 Å². The lowest BCUT2D eigenvalue weighted by molar-refractivity contribution is 0.627. The number of rotatable bonds is 2. The Balaban J connectivity index is 1.86. The molecule has 0 saturated heterocycles. The molecule has 3 aromatic heterocycles. The van der Waals surface area contributed by atoms with Gasteiger partial charge < -0.3 is 0 Å². The third-order valence-corrected chi connectivity index (χ3v) is 5.05. The lowest BCUT2D eigenvalue weighted by atomic mass is 10.0. The molecule has 2 aromatic carbocycles. The molecule has 0 spiro atoms. The Morgan fingerprint density at radius 1 is 0.828 bits per heavy atom. The van der Waals surface area contributed by atoms with Crippen LogP contribution in [-0.2, 0) is 0 Å². The van der Waals surface area contributed by atoms with Gasteiger partial charge in [0.25, 0.3) is 5.56 Å². The predicted octanol–water partition coefficient (Wildman–Crippen LogP) is 5.05. The molecule has 0 N–H and O–H groups in total. The van der Waals surface area contributed by atoms with Crippen molar-refractivity contribution in [2.24, 2.45) is 0 Å². The van der Waals surface area contributed by atoms with Gasteiger partial charge >= 0.3 is 0 Å². The van der Waals surface area contributed by atoms with Crippen molar-refractivity contribution in [1.29, 1.82) is 0 Å². The summed E-state index contributed by atoms with van der Waals surface area (Å²) in [7, 11) is 0. The van der Waals surface area contributed by atoms with Crippen molar-refractivity contribution in [3.8, 4) is 16.8 Å². The monoisotopic (exact) mass is 381 g/mol. The zero-order valence-corrected chi connectivity index (χ0v) is 15.6. The van der Waals surface area contributed by atoms with Crippen LogP contribution in [0.4, 0.5) is 4.39 Å². The van der Waals surface area contributed by atoms with E-state index in [9.17, 15) is 9.18 Å². The standard InChI is InChI=1S/C24H16FN3O/c1-15-2-3-17(13-26-15)16-4-10-22-21(12-16)24-18(14-27-22)5-11-23(29)28(24)20-8-6-19(25)7-9-20/h2-14H,1H3. The molecular formula is C24H16FN3O. The summed E-state index contributed by atoms with van der Waals surface area (Å²) in [6, 6.07) is 19.2. The summed E-state index contributed by atoms with van der Waals surface area (Å²) in [5.41, 5.74) is 4.88. The summed E-state index contributed by atoms with van der Waals surface area (Å²) in [6.07, 6.45) is 3.59. The SMILES string of the molecule is Cc1ccc(-c2ccc3ncc4ccc(=O)n(-c5ccc(F)cc5)c4c3c2)cn1. The Hall–Kier alpha value is -3.86. The van der Waals surface area contributed by atoms with Crippen LogP contribution >= 0.6 is 0 Å². The molecule has 0 fully saturated rings. The fourth-order valence-electron chi connectivity index (χ4n) is 3.58. The van der Waals surface area contributed by atoms with Crippen molar-refractivity contribution in [3.05, 3.63) is 101 Å². The molecule has 0 bridgehead atoms. The van der Waals surface area contributed by atoms with Crippen LogP contribution in [0.25, 0.3) is 38.6 Å². The first kappa shape index (κ1) is 17.3. The second-order valence-corrected chi connectivity index (χ2v) is 6.97. The molecule has 3 heterocycles.